The average Bonchev–Trinajstić information content (AvgIpc) is 2.62. The smallest absolute Gasteiger partial charge is 0.243 e. The van der Waals surface area contributed by atoms with Crippen LogP contribution in [0.3, 0.4) is 0 Å². The number of anilines is 1. The van der Waals surface area contributed by atoms with Gasteiger partial charge in [-0.3, -0.25) is 9.59 Å². The lowest BCUT2D eigenvalue weighted by molar-refractivity contribution is -0.121. The van der Waals surface area contributed by atoms with Crippen molar-refractivity contribution in [2.75, 3.05) is 25.0 Å². The first kappa shape index (κ1) is 24.4. The van der Waals surface area contributed by atoms with Crippen molar-refractivity contribution >= 4 is 39.9 Å². The average molecular weight is 433 g/mol. The molecule has 1 heterocycles. The maximum atomic E-state index is 13.2. The zero-order valence-corrected chi connectivity index (χ0v) is 17.9. The van der Waals surface area contributed by atoms with Crippen molar-refractivity contribution in [3.8, 4) is 0 Å². The number of nitrogens with one attached hydrogen (secondary N) is 2. The summed E-state index contributed by atoms with van der Waals surface area (Å²) in [6.07, 6.45) is 2.59. The molecular formula is C18H29ClN4O4S. The van der Waals surface area contributed by atoms with E-state index in [0.29, 0.717) is 18.7 Å². The van der Waals surface area contributed by atoms with E-state index in [0.717, 1.165) is 18.4 Å². The largest absolute Gasteiger partial charge is 0.354 e. The highest BCUT2D eigenvalue weighted by molar-refractivity contribution is 7.89. The molecule has 0 aromatic heterocycles. The topological polar surface area (TPSA) is 122 Å². The van der Waals surface area contributed by atoms with Crippen molar-refractivity contribution in [2.45, 2.75) is 50.5 Å². The Morgan fingerprint density at radius 2 is 2.00 bits per heavy atom. The van der Waals surface area contributed by atoms with Gasteiger partial charge in [0.05, 0.1) is 4.90 Å². The molecule has 1 atom stereocenters. The predicted molar refractivity (Wildman–Crippen MR) is 111 cm³/mol. The van der Waals surface area contributed by atoms with Gasteiger partial charge in [0.15, 0.2) is 0 Å². The second-order valence-electron chi connectivity index (χ2n) is 6.77. The number of piperidine rings is 1. The van der Waals surface area contributed by atoms with Crippen LogP contribution in [-0.2, 0) is 19.6 Å². The van der Waals surface area contributed by atoms with Gasteiger partial charge in [0.25, 0.3) is 0 Å². The van der Waals surface area contributed by atoms with Crippen molar-refractivity contribution in [1.82, 2.24) is 9.62 Å². The Bertz CT molecular complexity index is 801. The molecule has 0 radical (unpaired) electrons. The highest BCUT2D eigenvalue weighted by Gasteiger charge is 2.33. The molecule has 1 saturated heterocycles. The maximum Gasteiger partial charge on any atom is 0.243 e. The molecule has 158 valence electrons. The van der Waals surface area contributed by atoms with Crippen molar-refractivity contribution in [1.29, 1.82) is 0 Å². The fraction of sp³-hybridized carbons (Fsp3) is 0.556. The minimum atomic E-state index is -3.74. The third kappa shape index (κ3) is 6.16. The molecule has 1 aromatic carbocycles. The lowest BCUT2D eigenvalue weighted by Gasteiger charge is -2.35. The molecule has 2 rings (SSSR count). The monoisotopic (exact) mass is 432 g/mol. The Hall–Kier alpha value is -1.68. The summed E-state index contributed by atoms with van der Waals surface area (Å²) in [5, 5.41) is 5.43. The number of carbonyl (C=O) groups excluding carboxylic acids is 2. The van der Waals surface area contributed by atoms with Gasteiger partial charge in [-0.25, -0.2) is 8.42 Å². The summed E-state index contributed by atoms with van der Waals surface area (Å²) in [6.45, 7) is 4.11. The summed E-state index contributed by atoms with van der Waals surface area (Å²) in [7, 11) is -3.74. The van der Waals surface area contributed by atoms with Crippen LogP contribution in [0, 0.1) is 6.92 Å². The molecule has 1 aliphatic rings. The molecule has 1 unspecified atom stereocenters. The summed E-state index contributed by atoms with van der Waals surface area (Å²) in [5.74, 6) is -0.435. The molecule has 0 bridgehead atoms. The molecule has 0 aliphatic carbocycles. The van der Waals surface area contributed by atoms with Gasteiger partial charge in [0, 0.05) is 44.7 Å². The van der Waals surface area contributed by atoms with Crippen LogP contribution < -0.4 is 16.4 Å². The summed E-state index contributed by atoms with van der Waals surface area (Å²) in [4.78, 5) is 23.2. The van der Waals surface area contributed by atoms with Crippen LogP contribution in [0.4, 0.5) is 5.69 Å². The Balaban J connectivity index is 0.00000392. The predicted octanol–water partition coefficient (Wildman–Crippen LogP) is 1.38. The van der Waals surface area contributed by atoms with Gasteiger partial charge < -0.3 is 16.4 Å². The van der Waals surface area contributed by atoms with E-state index >= 15 is 0 Å². The first-order valence-electron chi connectivity index (χ1n) is 9.12. The number of rotatable bonds is 7. The second-order valence-corrected chi connectivity index (χ2v) is 8.66. The fourth-order valence-corrected chi connectivity index (χ4v) is 4.89. The normalized spacial score (nSPS) is 17.5. The molecule has 0 spiro atoms. The first-order chi connectivity index (χ1) is 12.8. The standard InChI is InChI=1S/C18H28N4O4S.ClH/c1-13-6-7-16(11-17(13)21-14(2)23)27(25,26)22-10-4-3-5-15(22)12-20-18(24)8-9-19;/h6-7,11,15H,3-5,8-10,12,19H2,1-2H3,(H,20,24)(H,21,23);1H. The number of aryl methyl sites for hydroxylation is 1. The van der Waals surface area contributed by atoms with Crippen molar-refractivity contribution in [3.63, 3.8) is 0 Å². The van der Waals surface area contributed by atoms with Crippen molar-refractivity contribution in [3.05, 3.63) is 23.8 Å². The van der Waals surface area contributed by atoms with Crippen LogP contribution in [0.2, 0.25) is 0 Å². The van der Waals surface area contributed by atoms with Crippen LogP contribution >= 0.6 is 12.4 Å². The third-order valence-electron chi connectivity index (χ3n) is 4.61. The Kier molecular flexibility index (Phi) is 9.35. The highest BCUT2D eigenvalue weighted by Crippen LogP contribution is 2.28. The second kappa shape index (κ2) is 10.8. The maximum absolute atomic E-state index is 13.2. The molecule has 8 nitrogen and oxygen atoms in total. The number of amides is 2. The lowest BCUT2D eigenvalue weighted by Crippen LogP contribution is -2.49. The number of halogens is 1. The van der Waals surface area contributed by atoms with Crippen molar-refractivity contribution in [2.24, 2.45) is 5.73 Å². The van der Waals surface area contributed by atoms with Crippen LogP contribution in [-0.4, -0.2) is 50.2 Å². The number of hydrogen-bond acceptors (Lipinski definition) is 5. The zero-order valence-electron chi connectivity index (χ0n) is 16.2. The van der Waals surface area contributed by atoms with Crippen LogP contribution in [0.25, 0.3) is 0 Å². The molecule has 28 heavy (non-hydrogen) atoms. The SMILES string of the molecule is CC(=O)Nc1cc(S(=O)(=O)N2CCCCC2CNC(=O)CCN)ccc1C.Cl. The van der Waals surface area contributed by atoms with E-state index in [9.17, 15) is 18.0 Å². The molecule has 1 fully saturated rings. The van der Waals surface area contributed by atoms with E-state index in [2.05, 4.69) is 10.6 Å². The van der Waals surface area contributed by atoms with Crippen LogP contribution in [0.15, 0.2) is 23.1 Å². The van der Waals surface area contributed by atoms with E-state index in [4.69, 9.17) is 5.73 Å². The summed E-state index contributed by atoms with van der Waals surface area (Å²) in [5.41, 5.74) is 6.64. The quantitative estimate of drug-likeness (QED) is 0.600. The van der Waals surface area contributed by atoms with Crippen molar-refractivity contribution < 1.29 is 18.0 Å². The number of nitrogens with zero attached hydrogens (tertiary/aromatic N) is 1. The molecule has 0 saturated carbocycles. The lowest BCUT2D eigenvalue weighted by atomic mass is 10.1. The zero-order chi connectivity index (χ0) is 20.0. The Morgan fingerprint density at radius 3 is 2.64 bits per heavy atom. The highest BCUT2D eigenvalue weighted by atomic mass is 35.5. The van der Waals surface area contributed by atoms with Gasteiger partial charge >= 0.3 is 0 Å². The number of sulfonamides is 1. The third-order valence-corrected chi connectivity index (χ3v) is 6.55. The van der Waals surface area contributed by atoms with Crippen LogP contribution in [0.5, 0.6) is 0 Å². The summed E-state index contributed by atoms with van der Waals surface area (Å²) >= 11 is 0. The number of benzene rings is 1. The van der Waals surface area contributed by atoms with Crippen LogP contribution in [0.1, 0.15) is 38.2 Å². The van der Waals surface area contributed by atoms with E-state index in [1.807, 2.05) is 0 Å². The van der Waals surface area contributed by atoms with E-state index in [1.165, 1.54) is 17.3 Å². The molecule has 2 amide bonds. The van der Waals surface area contributed by atoms with E-state index in [1.54, 1.807) is 19.1 Å². The van der Waals surface area contributed by atoms with Gasteiger partial charge in [-0.2, -0.15) is 4.31 Å². The number of carbonyl (C=O) groups is 2. The Labute approximate surface area is 172 Å². The van der Waals surface area contributed by atoms with E-state index in [-0.39, 0.29) is 54.7 Å². The van der Waals surface area contributed by atoms with Gasteiger partial charge in [-0.05, 0) is 37.5 Å². The molecule has 4 N–H and O–H groups in total. The minimum Gasteiger partial charge on any atom is -0.354 e. The van der Waals surface area contributed by atoms with Gasteiger partial charge in [-0.15, -0.1) is 12.4 Å². The van der Waals surface area contributed by atoms with E-state index < -0.39 is 10.0 Å². The number of hydrogen-bond donors (Lipinski definition) is 3. The first-order valence-corrected chi connectivity index (χ1v) is 10.6. The molecule has 10 heteroatoms. The van der Waals surface area contributed by atoms with Gasteiger partial charge in [-0.1, -0.05) is 12.5 Å². The Morgan fingerprint density at radius 1 is 1.29 bits per heavy atom. The molecule has 1 aliphatic heterocycles. The molecule has 1 aromatic rings. The van der Waals surface area contributed by atoms with Gasteiger partial charge in [0.1, 0.15) is 0 Å². The summed E-state index contributed by atoms with van der Waals surface area (Å²) < 4.78 is 27.9. The fourth-order valence-electron chi connectivity index (χ4n) is 3.17. The number of nitrogens with two attached hydrogens (primary N) is 1. The minimum absolute atomic E-state index is 0. The summed E-state index contributed by atoms with van der Waals surface area (Å²) in [6, 6.07) is 4.43. The van der Waals surface area contributed by atoms with Gasteiger partial charge in [0.2, 0.25) is 21.8 Å². The molecular weight excluding hydrogens is 404 g/mol.